The van der Waals surface area contributed by atoms with Gasteiger partial charge in [-0.3, -0.25) is 0 Å². The highest BCUT2D eigenvalue weighted by Crippen LogP contribution is 2.25. The molecule has 0 fully saturated rings. The number of carbonyl (C=O) groups is 1. The van der Waals surface area contributed by atoms with Gasteiger partial charge < -0.3 is 13.9 Å². The Bertz CT molecular complexity index is 760. The maximum atomic E-state index is 12.0. The van der Waals surface area contributed by atoms with Gasteiger partial charge in [0.05, 0.1) is 6.61 Å². The third-order valence-corrected chi connectivity index (χ3v) is 3.81. The van der Waals surface area contributed by atoms with Crippen LogP contribution in [0.5, 0.6) is 5.75 Å². The van der Waals surface area contributed by atoms with E-state index in [9.17, 15) is 9.59 Å². The van der Waals surface area contributed by atoms with Crippen molar-refractivity contribution in [3.05, 3.63) is 39.7 Å². The van der Waals surface area contributed by atoms with Crippen molar-refractivity contribution in [1.82, 2.24) is 0 Å². The van der Waals surface area contributed by atoms with Crippen LogP contribution in [0.3, 0.4) is 0 Å². The lowest BCUT2D eigenvalue weighted by Crippen LogP contribution is -2.28. The van der Waals surface area contributed by atoms with Gasteiger partial charge in [0.1, 0.15) is 11.3 Å². The number of aryl methyl sites for hydroxylation is 1. The van der Waals surface area contributed by atoms with Gasteiger partial charge in [-0.1, -0.05) is 13.8 Å². The normalized spacial score (nSPS) is 12.2. The molecule has 2 aromatic rings. The molecule has 1 heterocycles. The van der Waals surface area contributed by atoms with Crippen molar-refractivity contribution in [1.29, 1.82) is 0 Å². The Morgan fingerprint density at radius 3 is 2.61 bits per heavy atom. The number of fused-ring (bicyclic) bond motifs is 1. The summed E-state index contributed by atoms with van der Waals surface area (Å²) in [6.45, 7) is 7.74. The van der Waals surface area contributed by atoms with Gasteiger partial charge in [-0.25, -0.2) is 9.59 Å². The molecule has 1 unspecified atom stereocenters. The summed E-state index contributed by atoms with van der Waals surface area (Å²) in [6.07, 6.45) is 0.452. The number of esters is 1. The van der Waals surface area contributed by atoms with Gasteiger partial charge in [0, 0.05) is 17.0 Å². The molecule has 5 heteroatoms. The molecule has 0 radical (unpaired) electrons. The number of carbonyl (C=O) groups excluding carboxylic acids is 1. The number of benzene rings is 1. The Balaban J connectivity index is 2.37. The smallest absolute Gasteiger partial charge is 0.347 e. The van der Waals surface area contributed by atoms with Crippen LogP contribution >= 0.6 is 0 Å². The summed E-state index contributed by atoms with van der Waals surface area (Å²) in [6, 6.07) is 5.27. The Labute approximate surface area is 135 Å². The Hall–Kier alpha value is -2.30. The molecule has 0 N–H and O–H groups in total. The number of hydrogen-bond acceptors (Lipinski definition) is 5. The summed E-state index contributed by atoms with van der Waals surface area (Å²) in [5.41, 5.74) is 1.74. The topological polar surface area (TPSA) is 65.7 Å². The SMILES string of the molecule is CCOC(=O)C(CC)Oc1ccc2c(C)c(CC)c(=O)oc2c1. The van der Waals surface area contributed by atoms with E-state index in [1.807, 2.05) is 26.8 Å². The van der Waals surface area contributed by atoms with Crippen LogP contribution in [0.1, 0.15) is 38.3 Å². The predicted octanol–water partition coefficient (Wildman–Crippen LogP) is 3.38. The van der Waals surface area contributed by atoms with Gasteiger partial charge >= 0.3 is 11.6 Å². The fourth-order valence-electron chi connectivity index (χ4n) is 2.55. The van der Waals surface area contributed by atoms with Crippen LogP contribution in [0.2, 0.25) is 0 Å². The highest BCUT2D eigenvalue weighted by atomic mass is 16.6. The van der Waals surface area contributed by atoms with Crippen molar-refractivity contribution < 1.29 is 18.7 Å². The molecule has 0 saturated carbocycles. The van der Waals surface area contributed by atoms with E-state index in [2.05, 4.69) is 0 Å². The first-order valence-electron chi connectivity index (χ1n) is 7.91. The largest absolute Gasteiger partial charge is 0.479 e. The second-order valence-corrected chi connectivity index (χ2v) is 5.27. The van der Waals surface area contributed by atoms with Gasteiger partial charge in [0.15, 0.2) is 6.10 Å². The molecule has 1 atom stereocenters. The molecular formula is C18H22O5. The van der Waals surface area contributed by atoms with Crippen LogP contribution in [-0.4, -0.2) is 18.7 Å². The molecule has 0 saturated heterocycles. The number of rotatable bonds is 6. The first-order valence-corrected chi connectivity index (χ1v) is 7.91. The molecule has 0 bridgehead atoms. The number of hydrogen-bond donors (Lipinski definition) is 0. The van der Waals surface area contributed by atoms with Gasteiger partial charge in [-0.05, 0) is 44.4 Å². The van der Waals surface area contributed by atoms with E-state index in [0.29, 0.717) is 36.3 Å². The van der Waals surface area contributed by atoms with E-state index < -0.39 is 12.1 Å². The van der Waals surface area contributed by atoms with Gasteiger partial charge in [0.25, 0.3) is 0 Å². The van der Waals surface area contributed by atoms with Gasteiger partial charge in [-0.15, -0.1) is 0 Å². The molecule has 1 aromatic heterocycles. The summed E-state index contributed by atoms with van der Waals surface area (Å²) in [5.74, 6) is 0.0817. The van der Waals surface area contributed by atoms with Crippen molar-refractivity contribution in [2.24, 2.45) is 0 Å². The van der Waals surface area contributed by atoms with E-state index >= 15 is 0 Å². The molecule has 0 aliphatic carbocycles. The zero-order valence-corrected chi connectivity index (χ0v) is 14.0. The minimum atomic E-state index is -0.671. The van der Waals surface area contributed by atoms with Crippen LogP contribution in [0, 0.1) is 6.92 Å². The quantitative estimate of drug-likeness (QED) is 0.603. The molecule has 1 aromatic carbocycles. The lowest BCUT2D eigenvalue weighted by Gasteiger charge is -2.16. The monoisotopic (exact) mass is 318 g/mol. The average Bonchev–Trinajstić information content (AvgIpc) is 2.52. The lowest BCUT2D eigenvalue weighted by molar-refractivity contribution is -0.151. The molecular weight excluding hydrogens is 296 g/mol. The summed E-state index contributed by atoms with van der Waals surface area (Å²) in [5, 5.41) is 0.873. The van der Waals surface area contributed by atoms with E-state index in [1.165, 1.54) is 0 Å². The maximum Gasteiger partial charge on any atom is 0.347 e. The second-order valence-electron chi connectivity index (χ2n) is 5.27. The van der Waals surface area contributed by atoms with Crippen LogP contribution < -0.4 is 10.4 Å². The summed E-state index contributed by atoms with van der Waals surface area (Å²) in [4.78, 5) is 23.8. The molecule has 0 amide bonds. The Morgan fingerprint density at radius 1 is 1.26 bits per heavy atom. The van der Waals surface area contributed by atoms with E-state index in [0.717, 1.165) is 10.9 Å². The molecule has 23 heavy (non-hydrogen) atoms. The zero-order chi connectivity index (χ0) is 17.0. The molecule has 2 rings (SSSR count). The van der Waals surface area contributed by atoms with Crippen molar-refractivity contribution in [3.8, 4) is 5.75 Å². The second kappa shape index (κ2) is 7.31. The van der Waals surface area contributed by atoms with Crippen LogP contribution in [0.25, 0.3) is 11.0 Å². The van der Waals surface area contributed by atoms with Gasteiger partial charge in [0.2, 0.25) is 0 Å². The molecule has 0 aliphatic heterocycles. The number of ether oxygens (including phenoxy) is 2. The highest BCUT2D eigenvalue weighted by Gasteiger charge is 2.20. The third-order valence-electron chi connectivity index (χ3n) is 3.81. The van der Waals surface area contributed by atoms with Crippen molar-refractivity contribution in [2.75, 3.05) is 6.61 Å². The Kier molecular flexibility index (Phi) is 5.42. The van der Waals surface area contributed by atoms with Gasteiger partial charge in [-0.2, -0.15) is 0 Å². The van der Waals surface area contributed by atoms with E-state index in [-0.39, 0.29) is 5.63 Å². The fourth-order valence-corrected chi connectivity index (χ4v) is 2.55. The predicted molar refractivity (Wildman–Crippen MR) is 87.9 cm³/mol. The van der Waals surface area contributed by atoms with Crippen molar-refractivity contribution in [3.63, 3.8) is 0 Å². The maximum absolute atomic E-state index is 12.0. The first-order chi connectivity index (χ1) is 11.0. The minimum Gasteiger partial charge on any atom is -0.479 e. The van der Waals surface area contributed by atoms with Crippen molar-refractivity contribution in [2.45, 2.75) is 46.6 Å². The fraction of sp³-hybridized carbons (Fsp3) is 0.444. The molecule has 5 nitrogen and oxygen atoms in total. The zero-order valence-electron chi connectivity index (χ0n) is 14.0. The molecule has 0 aliphatic rings. The van der Waals surface area contributed by atoms with Crippen LogP contribution in [0.15, 0.2) is 27.4 Å². The summed E-state index contributed by atoms with van der Waals surface area (Å²) in [7, 11) is 0. The minimum absolute atomic E-state index is 0.310. The lowest BCUT2D eigenvalue weighted by atomic mass is 10.0. The van der Waals surface area contributed by atoms with E-state index in [4.69, 9.17) is 13.9 Å². The summed E-state index contributed by atoms with van der Waals surface area (Å²) < 4.78 is 16.0. The van der Waals surface area contributed by atoms with Crippen LogP contribution in [-0.2, 0) is 16.0 Å². The first kappa shape index (κ1) is 17.1. The van der Waals surface area contributed by atoms with E-state index in [1.54, 1.807) is 19.1 Å². The molecule has 124 valence electrons. The Morgan fingerprint density at radius 2 is 2.00 bits per heavy atom. The third kappa shape index (κ3) is 3.55. The molecule has 0 spiro atoms. The summed E-state index contributed by atoms with van der Waals surface area (Å²) >= 11 is 0. The van der Waals surface area contributed by atoms with Crippen molar-refractivity contribution >= 4 is 16.9 Å². The average molecular weight is 318 g/mol. The standard InChI is InChI=1S/C18H22O5/c1-5-13-11(4)14-9-8-12(10-16(14)23-17(13)19)22-15(6-2)18(20)21-7-3/h8-10,15H,5-7H2,1-4H3. The highest BCUT2D eigenvalue weighted by molar-refractivity contribution is 5.82. The van der Waals surface area contributed by atoms with Crippen LogP contribution in [0.4, 0.5) is 0 Å².